The minimum Gasteiger partial charge on any atom is -0.490 e. The fourth-order valence-electron chi connectivity index (χ4n) is 3.02. The van der Waals surface area contributed by atoms with Crippen LogP contribution in [-0.2, 0) is 12.8 Å². The lowest BCUT2D eigenvalue weighted by Gasteiger charge is -2.06. The van der Waals surface area contributed by atoms with E-state index in [0.717, 1.165) is 37.0 Å². The summed E-state index contributed by atoms with van der Waals surface area (Å²) in [4.78, 5) is 0. The van der Waals surface area contributed by atoms with Crippen molar-refractivity contribution in [1.29, 1.82) is 0 Å². The molecule has 0 atom stereocenters. The Hall–Kier alpha value is -3.02. The van der Waals surface area contributed by atoms with Crippen LogP contribution < -0.4 is 4.74 Å². The second-order valence-corrected chi connectivity index (χ2v) is 7.72. The molecule has 0 unspecified atom stereocenters. The van der Waals surface area contributed by atoms with Crippen molar-refractivity contribution >= 4 is 11.6 Å². The number of ether oxygens (including phenoxy) is 1. The normalized spacial score (nSPS) is 10.7. The zero-order chi connectivity index (χ0) is 21.9. The molecular formula is C28H26ClFO. The standard InChI is InChI=1S/C28H26ClFO/c1-2-3-4-5-20-31-27-18-13-24(14-19-27)11-8-22-6-9-23(10-7-22)12-15-25-16-17-26(29)21-28(25)30/h4-7,9-10,13-14,16-19,21H,2-3,8,11,20H2,1H3/b5-4+. The van der Waals surface area contributed by atoms with Crippen molar-refractivity contribution in [1.82, 2.24) is 0 Å². The van der Waals surface area contributed by atoms with E-state index >= 15 is 0 Å². The van der Waals surface area contributed by atoms with Gasteiger partial charge in [-0.2, -0.15) is 0 Å². The molecule has 3 aromatic rings. The molecule has 0 amide bonds. The number of halogens is 2. The van der Waals surface area contributed by atoms with Gasteiger partial charge >= 0.3 is 0 Å². The number of unbranched alkanes of at least 4 members (excludes halogenated alkanes) is 1. The summed E-state index contributed by atoms with van der Waals surface area (Å²) >= 11 is 5.77. The summed E-state index contributed by atoms with van der Waals surface area (Å²) in [7, 11) is 0. The van der Waals surface area contributed by atoms with Crippen LogP contribution >= 0.6 is 11.6 Å². The van der Waals surface area contributed by atoms with Gasteiger partial charge in [-0.3, -0.25) is 0 Å². The van der Waals surface area contributed by atoms with E-state index in [9.17, 15) is 4.39 Å². The topological polar surface area (TPSA) is 9.23 Å². The summed E-state index contributed by atoms with van der Waals surface area (Å²) < 4.78 is 19.5. The van der Waals surface area contributed by atoms with Crippen LogP contribution in [0.2, 0.25) is 5.02 Å². The molecular weight excluding hydrogens is 407 g/mol. The number of aryl methyl sites for hydroxylation is 2. The molecule has 0 N–H and O–H groups in total. The second-order valence-electron chi connectivity index (χ2n) is 7.29. The lowest BCUT2D eigenvalue weighted by molar-refractivity contribution is 0.362. The summed E-state index contributed by atoms with van der Waals surface area (Å²) in [5, 5.41) is 0.370. The lowest BCUT2D eigenvalue weighted by Crippen LogP contribution is -1.95. The van der Waals surface area contributed by atoms with Crippen LogP contribution in [0, 0.1) is 17.7 Å². The van der Waals surface area contributed by atoms with Crippen LogP contribution in [0.15, 0.2) is 78.9 Å². The molecule has 3 heteroatoms. The number of hydrogen-bond donors (Lipinski definition) is 0. The molecule has 0 aromatic heterocycles. The SMILES string of the molecule is CCC/C=C/COc1ccc(CCc2ccc(C#Cc3ccc(Cl)cc3F)cc2)cc1. The first-order valence-corrected chi connectivity index (χ1v) is 10.9. The molecule has 0 aliphatic heterocycles. The maximum atomic E-state index is 13.8. The first-order valence-electron chi connectivity index (χ1n) is 10.6. The van der Waals surface area contributed by atoms with Crippen molar-refractivity contribution in [3.63, 3.8) is 0 Å². The van der Waals surface area contributed by atoms with Gasteiger partial charge in [0.2, 0.25) is 0 Å². The second kappa shape index (κ2) is 12.0. The van der Waals surface area contributed by atoms with E-state index in [4.69, 9.17) is 16.3 Å². The third-order valence-electron chi connectivity index (χ3n) is 4.82. The van der Waals surface area contributed by atoms with Crippen LogP contribution in [0.5, 0.6) is 5.75 Å². The maximum Gasteiger partial charge on any atom is 0.140 e. The van der Waals surface area contributed by atoms with Crippen LogP contribution in [0.25, 0.3) is 0 Å². The van der Waals surface area contributed by atoms with Gasteiger partial charge in [0.15, 0.2) is 0 Å². The van der Waals surface area contributed by atoms with Gasteiger partial charge in [0.1, 0.15) is 18.2 Å². The molecule has 0 aliphatic rings. The van der Waals surface area contributed by atoms with E-state index in [1.165, 1.54) is 17.2 Å². The number of benzene rings is 3. The van der Waals surface area contributed by atoms with Gasteiger partial charge < -0.3 is 4.74 Å². The van der Waals surface area contributed by atoms with E-state index in [1.807, 2.05) is 24.3 Å². The molecule has 3 aromatic carbocycles. The van der Waals surface area contributed by atoms with E-state index in [1.54, 1.807) is 12.1 Å². The minimum atomic E-state index is -0.402. The average Bonchev–Trinajstić information content (AvgIpc) is 2.78. The van der Waals surface area contributed by atoms with Crippen molar-refractivity contribution in [2.24, 2.45) is 0 Å². The predicted octanol–water partition coefficient (Wildman–Crippen LogP) is 7.40. The quantitative estimate of drug-likeness (QED) is 0.266. The third kappa shape index (κ3) is 7.63. The number of rotatable bonds is 8. The summed E-state index contributed by atoms with van der Waals surface area (Å²) in [5.41, 5.74) is 3.71. The summed E-state index contributed by atoms with van der Waals surface area (Å²) in [6.07, 6.45) is 8.37. The Morgan fingerprint density at radius 1 is 0.871 bits per heavy atom. The Balaban J connectivity index is 1.50. The molecule has 0 bridgehead atoms. The van der Waals surface area contributed by atoms with Crippen LogP contribution in [0.3, 0.4) is 0 Å². The molecule has 1 nitrogen and oxygen atoms in total. The number of allylic oxidation sites excluding steroid dienone is 1. The van der Waals surface area contributed by atoms with Crippen LogP contribution in [-0.4, -0.2) is 6.61 Å². The van der Waals surface area contributed by atoms with E-state index in [-0.39, 0.29) is 0 Å². The Labute approximate surface area is 189 Å². The molecule has 158 valence electrons. The highest BCUT2D eigenvalue weighted by molar-refractivity contribution is 6.30. The van der Waals surface area contributed by atoms with Gasteiger partial charge in [0.25, 0.3) is 0 Å². The first kappa shape index (κ1) is 22.7. The van der Waals surface area contributed by atoms with Gasteiger partial charge in [0.05, 0.1) is 5.56 Å². The average molecular weight is 433 g/mol. The Kier molecular flexibility index (Phi) is 8.76. The highest BCUT2D eigenvalue weighted by Crippen LogP contribution is 2.16. The molecule has 0 saturated heterocycles. The van der Waals surface area contributed by atoms with Crippen molar-refractivity contribution in [2.75, 3.05) is 6.61 Å². The lowest BCUT2D eigenvalue weighted by atomic mass is 10.0. The molecule has 0 fully saturated rings. The highest BCUT2D eigenvalue weighted by Gasteiger charge is 2.00. The molecule has 0 saturated carbocycles. The number of hydrogen-bond acceptors (Lipinski definition) is 1. The van der Waals surface area contributed by atoms with Crippen molar-refractivity contribution in [2.45, 2.75) is 32.6 Å². The van der Waals surface area contributed by atoms with Crippen molar-refractivity contribution in [3.8, 4) is 17.6 Å². The van der Waals surface area contributed by atoms with Gasteiger partial charge in [-0.15, -0.1) is 0 Å². The van der Waals surface area contributed by atoms with Crippen molar-refractivity contribution < 1.29 is 9.13 Å². The zero-order valence-electron chi connectivity index (χ0n) is 17.7. The van der Waals surface area contributed by atoms with Gasteiger partial charge in [-0.1, -0.05) is 73.2 Å². The van der Waals surface area contributed by atoms with E-state index in [2.05, 4.69) is 55.2 Å². The fraction of sp³-hybridized carbons (Fsp3) is 0.214. The molecule has 0 spiro atoms. The summed E-state index contributed by atoms with van der Waals surface area (Å²) in [6.45, 7) is 2.77. The smallest absolute Gasteiger partial charge is 0.140 e. The highest BCUT2D eigenvalue weighted by atomic mass is 35.5. The van der Waals surface area contributed by atoms with Crippen LogP contribution in [0.1, 0.15) is 42.0 Å². The molecule has 31 heavy (non-hydrogen) atoms. The predicted molar refractivity (Wildman–Crippen MR) is 127 cm³/mol. The fourth-order valence-corrected chi connectivity index (χ4v) is 3.18. The van der Waals surface area contributed by atoms with Crippen molar-refractivity contribution in [3.05, 3.63) is 112 Å². The molecule has 0 radical (unpaired) electrons. The Morgan fingerprint density at radius 2 is 1.55 bits per heavy atom. The van der Waals surface area contributed by atoms with E-state index < -0.39 is 5.82 Å². The zero-order valence-corrected chi connectivity index (χ0v) is 18.5. The molecule has 0 heterocycles. The van der Waals surface area contributed by atoms with Gasteiger partial charge in [-0.05, 0) is 72.9 Å². The third-order valence-corrected chi connectivity index (χ3v) is 5.06. The molecule has 3 rings (SSSR count). The van der Waals surface area contributed by atoms with Gasteiger partial charge in [0, 0.05) is 10.6 Å². The maximum absolute atomic E-state index is 13.8. The summed E-state index contributed by atoms with van der Waals surface area (Å²) in [6, 6.07) is 20.9. The molecule has 0 aliphatic carbocycles. The minimum absolute atomic E-state index is 0.345. The van der Waals surface area contributed by atoms with E-state index in [0.29, 0.717) is 17.2 Å². The summed E-state index contributed by atoms with van der Waals surface area (Å²) in [5.74, 6) is 6.36. The largest absolute Gasteiger partial charge is 0.490 e. The Morgan fingerprint density at radius 3 is 2.19 bits per heavy atom. The monoisotopic (exact) mass is 432 g/mol. The first-order chi connectivity index (χ1) is 15.1. The Bertz CT molecular complexity index is 1060. The van der Waals surface area contributed by atoms with Gasteiger partial charge in [-0.25, -0.2) is 4.39 Å². The van der Waals surface area contributed by atoms with Crippen LogP contribution in [0.4, 0.5) is 4.39 Å².